The molecule has 4 unspecified atom stereocenters. The zero-order valence-corrected chi connectivity index (χ0v) is 58.4. The monoisotopic (exact) mass is 1280 g/mol. The Labute approximate surface area is 530 Å². The van der Waals surface area contributed by atoms with Gasteiger partial charge in [0.2, 0.25) is 0 Å². The predicted molar refractivity (Wildman–Crippen MR) is 349 cm³/mol. The zero-order chi connectivity index (χ0) is 64.7. The number of ether oxygens (including phenoxy) is 4. The first-order valence-corrected chi connectivity index (χ1v) is 38.2. The van der Waals surface area contributed by atoms with Gasteiger partial charge >= 0.3 is 39.5 Å². The Morgan fingerprint density at radius 1 is 0.322 bits per heavy atom. The van der Waals surface area contributed by atoms with Crippen LogP contribution in [0.1, 0.15) is 331 Å². The maximum atomic E-state index is 13.0. The van der Waals surface area contributed by atoms with Crippen LogP contribution in [0.25, 0.3) is 0 Å². The average Bonchev–Trinajstić information content (AvgIpc) is 3.68. The molecule has 0 aliphatic rings. The Balaban J connectivity index is 5.26. The first-order valence-electron chi connectivity index (χ1n) is 35.2. The maximum absolute atomic E-state index is 13.0. The van der Waals surface area contributed by atoms with Crippen molar-refractivity contribution in [2.75, 3.05) is 39.6 Å². The minimum Gasteiger partial charge on any atom is -0.462 e. The van der Waals surface area contributed by atoms with Crippen LogP contribution in [0.5, 0.6) is 0 Å². The van der Waals surface area contributed by atoms with E-state index >= 15 is 0 Å². The first kappa shape index (κ1) is 85.1. The van der Waals surface area contributed by atoms with E-state index in [0.717, 1.165) is 114 Å². The summed E-state index contributed by atoms with van der Waals surface area (Å²) in [6.45, 7) is 14.0. The van der Waals surface area contributed by atoms with E-state index in [1.807, 2.05) is 0 Å². The van der Waals surface area contributed by atoms with Gasteiger partial charge in [-0.05, 0) is 49.4 Å². The lowest BCUT2D eigenvalue weighted by atomic mass is 10.00. The highest BCUT2D eigenvalue weighted by Gasteiger charge is 2.30. The van der Waals surface area contributed by atoms with Crippen LogP contribution in [-0.2, 0) is 65.4 Å². The highest BCUT2D eigenvalue weighted by molar-refractivity contribution is 7.47. The van der Waals surface area contributed by atoms with Crippen molar-refractivity contribution in [1.82, 2.24) is 0 Å². The summed E-state index contributed by atoms with van der Waals surface area (Å²) in [5.74, 6) is 0.822. The van der Waals surface area contributed by atoms with Crippen LogP contribution in [0.4, 0.5) is 0 Å². The van der Waals surface area contributed by atoms with Crippen LogP contribution in [0, 0.1) is 23.7 Å². The van der Waals surface area contributed by atoms with Gasteiger partial charge in [-0.2, -0.15) is 0 Å². The van der Waals surface area contributed by atoms with Gasteiger partial charge in [-0.3, -0.25) is 37.3 Å². The normalized spacial score (nSPS) is 14.6. The van der Waals surface area contributed by atoms with Crippen LogP contribution in [-0.4, -0.2) is 96.7 Å². The number of unbranched alkanes of at least 4 members (excludes halogenated alkanes) is 30. The Kier molecular flexibility index (Phi) is 56.6. The summed E-state index contributed by atoms with van der Waals surface area (Å²) < 4.78 is 68.2. The van der Waals surface area contributed by atoms with Crippen molar-refractivity contribution in [3.63, 3.8) is 0 Å². The lowest BCUT2D eigenvalue weighted by Crippen LogP contribution is -2.30. The van der Waals surface area contributed by atoms with E-state index in [2.05, 4.69) is 55.4 Å². The van der Waals surface area contributed by atoms with Crippen molar-refractivity contribution < 1.29 is 80.2 Å². The Hall–Kier alpha value is -1.94. The predicted octanol–water partition coefficient (Wildman–Crippen LogP) is 18.9. The molecule has 0 saturated carbocycles. The lowest BCUT2D eigenvalue weighted by Gasteiger charge is -2.21. The molecule has 0 heterocycles. The molecule has 0 aromatic rings. The first-order chi connectivity index (χ1) is 41.6. The van der Waals surface area contributed by atoms with E-state index in [1.165, 1.54) is 135 Å². The van der Waals surface area contributed by atoms with Gasteiger partial charge in [0, 0.05) is 25.7 Å². The molecular formula is C68H132O17P2. The molecule has 0 bridgehead atoms. The van der Waals surface area contributed by atoms with Gasteiger partial charge in [-0.1, -0.05) is 280 Å². The van der Waals surface area contributed by atoms with E-state index in [4.69, 9.17) is 37.0 Å². The SMILES string of the molecule is CCC(C)CCCCCCCCC(=O)O[C@H](COC(=O)CCCCCCCCCCC(C)C)COP(=O)(O)OCC(O)COP(=O)(O)OC[C@@H](COC(=O)CCCCCCCCCCCCC(C)C)OC(=O)CCCCCCCCCCCCC(C)C. The van der Waals surface area contributed by atoms with Crippen LogP contribution in [0.3, 0.4) is 0 Å². The van der Waals surface area contributed by atoms with Crippen LogP contribution < -0.4 is 0 Å². The Morgan fingerprint density at radius 2 is 0.552 bits per heavy atom. The molecular weight excluding hydrogens is 1150 g/mol. The molecule has 0 rings (SSSR count). The molecule has 0 radical (unpaired) electrons. The number of phosphoric acid groups is 2. The number of rotatable bonds is 65. The zero-order valence-electron chi connectivity index (χ0n) is 56.6. The van der Waals surface area contributed by atoms with Gasteiger partial charge in [0.15, 0.2) is 12.2 Å². The van der Waals surface area contributed by atoms with Gasteiger partial charge < -0.3 is 33.8 Å². The largest absolute Gasteiger partial charge is 0.472 e. The molecule has 17 nitrogen and oxygen atoms in total. The molecule has 0 aromatic carbocycles. The molecule has 0 aromatic heterocycles. The Bertz CT molecular complexity index is 1730. The lowest BCUT2D eigenvalue weighted by molar-refractivity contribution is -0.161. The molecule has 0 spiro atoms. The van der Waals surface area contributed by atoms with Crippen LogP contribution in [0.2, 0.25) is 0 Å². The molecule has 0 amide bonds. The minimum atomic E-state index is -4.95. The fourth-order valence-electron chi connectivity index (χ4n) is 10.1. The highest BCUT2D eigenvalue weighted by Crippen LogP contribution is 2.45. The van der Waals surface area contributed by atoms with Gasteiger partial charge in [0.25, 0.3) is 0 Å². The van der Waals surface area contributed by atoms with E-state index in [-0.39, 0.29) is 25.7 Å². The quantitative estimate of drug-likeness (QED) is 0.0222. The summed E-state index contributed by atoms with van der Waals surface area (Å²) in [5, 5.41) is 10.6. The van der Waals surface area contributed by atoms with E-state index < -0.39 is 97.5 Å². The average molecular weight is 1280 g/mol. The van der Waals surface area contributed by atoms with Crippen LogP contribution >= 0.6 is 15.6 Å². The van der Waals surface area contributed by atoms with Crippen molar-refractivity contribution in [3.8, 4) is 0 Å². The number of esters is 4. The number of carbonyl (C=O) groups excluding carboxylic acids is 4. The van der Waals surface area contributed by atoms with Gasteiger partial charge in [0.05, 0.1) is 26.4 Å². The second-order valence-corrected chi connectivity index (χ2v) is 29.1. The summed E-state index contributed by atoms with van der Waals surface area (Å²) in [4.78, 5) is 72.4. The Morgan fingerprint density at radius 3 is 0.816 bits per heavy atom. The molecule has 6 atom stereocenters. The number of aliphatic hydroxyl groups is 1. The van der Waals surface area contributed by atoms with E-state index in [1.54, 1.807) is 0 Å². The van der Waals surface area contributed by atoms with Gasteiger partial charge in [-0.25, -0.2) is 9.13 Å². The molecule has 87 heavy (non-hydrogen) atoms. The van der Waals surface area contributed by atoms with Gasteiger partial charge in [0.1, 0.15) is 19.3 Å². The fourth-order valence-corrected chi connectivity index (χ4v) is 11.7. The maximum Gasteiger partial charge on any atom is 0.472 e. The molecule has 0 fully saturated rings. The van der Waals surface area contributed by atoms with Crippen molar-refractivity contribution >= 4 is 39.5 Å². The third-order valence-electron chi connectivity index (χ3n) is 15.9. The summed E-state index contributed by atoms with van der Waals surface area (Å²) in [5.41, 5.74) is 0. The van der Waals surface area contributed by atoms with Crippen molar-refractivity contribution in [2.24, 2.45) is 23.7 Å². The van der Waals surface area contributed by atoms with Crippen molar-refractivity contribution in [1.29, 1.82) is 0 Å². The molecule has 0 aliphatic carbocycles. The molecule has 516 valence electrons. The topological polar surface area (TPSA) is 237 Å². The molecule has 19 heteroatoms. The van der Waals surface area contributed by atoms with E-state index in [0.29, 0.717) is 25.7 Å². The van der Waals surface area contributed by atoms with Crippen LogP contribution in [0.15, 0.2) is 0 Å². The molecule has 0 saturated heterocycles. The van der Waals surface area contributed by atoms with Gasteiger partial charge in [-0.15, -0.1) is 0 Å². The third kappa shape index (κ3) is 61.3. The smallest absolute Gasteiger partial charge is 0.462 e. The standard InChI is InChI=1S/C68H132O17P2/c1-9-61(8)47-39-31-26-27-35-43-51-68(73)85-64(55-79-66(71)49-41-33-24-19-18-22-30-38-46-60(6)7)57-83-87(76,77)81-53-62(69)52-80-86(74,75)82-56-63(84-67(72)50-42-34-25-17-13-11-15-21-29-37-45-59(4)5)54-78-65(70)48-40-32-23-16-12-10-14-20-28-36-44-58(2)3/h58-64,69H,9-57H2,1-8H3,(H,74,75)(H,76,77)/t61?,62?,63-,64-/m1/s1. The fraction of sp³-hybridized carbons (Fsp3) is 0.941. The minimum absolute atomic E-state index is 0.102. The number of hydrogen-bond acceptors (Lipinski definition) is 15. The second kappa shape index (κ2) is 57.9. The second-order valence-electron chi connectivity index (χ2n) is 26.2. The summed E-state index contributed by atoms with van der Waals surface area (Å²) in [6, 6.07) is 0. The highest BCUT2D eigenvalue weighted by atomic mass is 31.2. The van der Waals surface area contributed by atoms with E-state index in [9.17, 15) is 43.2 Å². The molecule has 0 aliphatic heterocycles. The molecule has 3 N–H and O–H groups in total. The number of carbonyl (C=O) groups is 4. The van der Waals surface area contributed by atoms with Crippen molar-refractivity contribution in [3.05, 3.63) is 0 Å². The third-order valence-corrected chi connectivity index (χ3v) is 17.8. The summed E-state index contributed by atoms with van der Waals surface area (Å²) in [7, 11) is -9.90. The van der Waals surface area contributed by atoms with Crippen molar-refractivity contribution in [2.45, 2.75) is 350 Å². The summed E-state index contributed by atoms with van der Waals surface area (Å²) >= 11 is 0. The summed E-state index contributed by atoms with van der Waals surface area (Å²) in [6.07, 6.45) is 39.0. The number of phosphoric ester groups is 2. The number of hydrogen-bond donors (Lipinski definition) is 3. The number of aliphatic hydroxyl groups excluding tert-OH is 1.